The molecule has 2 aromatic carbocycles. The number of pyridine rings is 1. The number of rotatable bonds is 6. The number of hydrogen-bond acceptors (Lipinski definition) is 6. The molecule has 0 radical (unpaired) electrons. The number of fused-ring (bicyclic) bond motifs is 2. The third-order valence-corrected chi connectivity index (χ3v) is 6.22. The monoisotopic (exact) mass is 467 g/mol. The van der Waals surface area contributed by atoms with Crippen LogP contribution in [0.1, 0.15) is 18.4 Å². The van der Waals surface area contributed by atoms with Crippen LogP contribution >= 0.6 is 12.2 Å². The second kappa shape index (κ2) is 9.29. The molecule has 3 heterocycles. The Morgan fingerprint density at radius 1 is 1.24 bits per heavy atom. The molecule has 2 N–H and O–H groups in total. The SMILES string of the molecule is COc1ccccc1NC(=S)N(Cc1cc2cc3c(cc2[nH]c1=O)OCO3)C[C@H]1CCCO1. The van der Waals surface area contributed by atoms with E-state index in [2.05, 4.69) is 10.3 Å². The normalized spacial score (nSPS) is 16.7. The summed E-state index contributed by atoms with van der Waals surface area (Å²) < 4.78 is 22.2. The first-order chi connectivity index (χ1) is 16.1. The van der Waals surface area contributed by atoms with Crippen LogP contribution in [0.2, 0.25) is 0 Å². The van der Waals surface area contributed by atoms with Crippen molar-refractivity contribution in [3.63, 3.8) is 0 Å². The molecule has 172 valence electrons. The Morgan fingerprint density at radius 3 is 2.85 bits per heavy atom. The predicted octanol–water partition coefficient (Wildman–Crippen LogP) is 3.64. The Hall–Kier alpha value is -3.30. The maximum Gasteiger partial charge on any atom is 0.253 e. The van der Waals surface area contributed by atoms with Crippen LogP contribution in [-0.4, -0.2) is 48.2 Å². The molecule has 9 heteroatoms. The van der Waals surface area contributed by atoms with Gasteiger partial charge in [-0.25, -0.2) is 0 Å². The molecule has 3 aromatic rings. The third kappa shape index (κ3) is 4.60. The molecule has 0 bridgehead atoms. The molecule has 1 aromatic heterocycles. The smallest absolute Gasteiger partial charge is 0.253 e. The topological polar surface area (TPSA) is 85.1 Å². The number of anilines is 1. The van der Waals surface area contributed by atoms with Crippen molar-refractivity contribution in [2.45, 2.75) is 25.5 Å². The van der Waals surface area contributed by atoms with E-state index in [1.54, 1.807) is 13.2 Å². The Kier molecular flexibility index (Phi) is 6.06. The molecule has 2 aliphatic rings. The molecule has 1 fully saturated rings. The first-order valence-electron chi connectivity index (χ1n) is 10.9. The fourth-order valence-corrected chi connectivity index (χ4v) is 4.41. The van der Waals surface area contributed by atoms with Crippen molar-refractivity contribution in [3.8, 4) is 17.2 Å². The van der Waals surface area contributed by atoms with Gasteiger partial charge in [-0.1, -0.05) is 12.1 Å². The van der Waals surface area contributed by atoms with Crippen LogP contribution < -0.4 is 25.1 Å². The zero-order valence-electron chi connectivity index (χ0n) is 18.3. The van der Waals surface area contributed by atoms with E-state index in [-0.39, 0.29) is 18.5 Å². The molecule has 0 saturated carbocycles. The summed E-state index contributed by atoms with van der Waals surface area (Å²) in [5, 5.41) is 4.64. The van der Waals surface area contributed by atoms with Gasteiger partial charge in [-0.15, -0.1) is 0 Å². The van der Waals surface area contributed by atoms with Crippen LogP contribution in [0.25, 0.3) is 10.9 Å². The first kappa shape index (κ1) is 21.5. The van der Waals surface area contributed by atoms with Gasteiger partial charge in [0.05, 0.1) is 31.0 Å². The average molecular weight is 468 g/mol. The molecule has 0 amide bonds. The highest BCUT2D eigenvalue weighted by molar-refractivity contribution is 7.80. The van der Waals surface area contributed by atoms with Crippen molar-refractivity contribution in [2.75, 3.05) is 32.4 Å². The Labute approximate surface area is 196 Å². The molecule has 1 atom stereocenters. The lowest BCUT2D eigenvalue weighted by Crippen LogP contribution is -2.40. The van der Waals surface area contributed by atoms with Crippen molar-refractivity contribution in [2.24, 2.45) is 0 Å². The molecule has 2 aliphatic heterocycles. The molecular weight excluding hydrogens is 442 g/mol. The Morgan fingerprint density at radius 2 is 2.06 bits per heavy atom. The minimum atomic E-state index is -0.168. The number of thiocarbonyl (C=S) groups is 1. The fraction of sp³-hybridized carbons (Fsp3) is 0.333. The van der Waals surface area contributed by atoms with Gasteiger partial charge in [0.2, 0.25) is 6.79 Å². The van der Waals surface area contributed by atoms with E-state index in [9.17, 15) is 4.79 Å². The standard InChI is InChI=1S/C24H25N3O5S/c1-29-20-7-3-2-6-18(20)26-24(33)27(13-17-5-4-8-30-17)12-16-9-15-10-21-22(32-14-31-21)11-19(15)25-23(16)28/h2-3,6-7,9-11,17H,4-5,8,12-14H2,1H3,(H,25,28)(H,26,33)/t17-/m1/s1. The second-order valence-corrected chi connectivity index (χ2v) is 8.45. The van der Waals surface area contributed by atoms with Crippen LogP contribution in [0.15, 0.2) is 47.3 Å². The molecule has 8 nitrogen and oxygen atoms in total. The van der Waals surface area contributed by atoms with Gasteiger partial charge in [0, 0.05) is 30.2 Å². The van der Waals surface area contributed by atoms with Crippen LogP contribution in [-0.2, 0) is 11.3 Å². The maximum atomic E-state index is 12.9. The number of methoxy groups -OCH3 is 1. The van der Waals surface area contributed by atoms with Crippen LogP contribution in [0.3, 0.4) is 0 Å². The maximum absolute atomic E-state index is 12.9. The fourth-order valence-electron chi connectivity index (χ4n) is 4.16. The van der Waals surface area contributed by atoms with Gasteiger partial charge < -0.3 is 34.1 Å². The predicted molar refractivity (Wildman–Crippen MR) is 129 cm³/mol. The number of para-hydroxylation sites is 2. The van der Waals surface area contributed by atoms with Gasteiger partial charge in [-0.05, 0) is 49.3 Å². The number of benzene rings is 2. The molecule has 0 aliphatic carbocycles. The van der Waals surface area contributed by atoms with Gasteiger partial charge in [-0.3, -0.25) is 4.79 Å². The Balaban J connectivity index is 1.43. The van der Waals surface area contributed by atoms with E-state index >= 15 is 0 Å². The lowest BCUT2D eigenvalue weighted by Gasteiger charge is -2.28. The molecule has 33 heavy (non-hydrogen) atoms. The van der Waals surface area contributed by atoms with Crippen molar-refractivity contribution >= 4 is 33.9 Å². The van der Waals surface area contributed by atoms with Gasteiger partial charge in [0.15, 0.2) is 16.6 Å². The third-order valence-electron chi connectivity index (χ3n) is 5.86. The van der Waals surface area contributed by atoms with E-state index in [1.165, 1.54) is 0 Å². The summed E-state index contributed by atoms with van der Waals surface area (Å²) in [4.78, 5) is 17.9. The van der Waals surface area contributed by atoms with Crippen LogP contribution in [0, 0.1) is 0 Å². The van der Waals surface area contributed by atoms with Crippen LogP contribution in [0.4, 0.5) is 5.69 Å². The number of nitrogens with zero attached hydrogens (tertiary/aromatic N) is 1. The average Bonchev–Trinajstić information content (AvgIpc) is 3.49. The molecular formula is C24H25N3O5S. The Bertz CT molecular complexity index is 1240. The largest absolute Gasteiger partial charge is 0.495 e. The number of nitrogens with one attached hydrogen (secondary N) is 2. The van der Waals surface area contributed by atoms with E-state index in [4.69, 9.17) is 31.2 Å². The summed E-state index contributed by atoms with van der Waals surface area (Å²) in [5.74, 6) is 2.00. The summed E-state index contributed by atoms with van der Waals surface area (Å²) in [6.45, 7) is 1.84. The summed E-state index contributed by atoms with van der Waals surface area (Å²) >= 11 is 5.76. The zero-order chi connectivity index (χ0) is 22.8. The lowest BCUT2D eigenvalue weighted by molar-refractivity contribution is 0.0904. The van der Waals surface area contributed by atoms with E-state index < -0.39 is 0 Å². The van der Waals surface area contributed by atoms with Crippen molar-refractivity contribution in [1.29, 1.82) is 0 Å². The molecule has 0 spiro atoms. The minimum absolute atomic E-state index is 0.0655. The van der Waals surface area contributed by atoms with Crippen molar-refractivity contribution in [1.82, 2.24) is 9.88 Å². The van der Waals surface area contributed by atoms with Crippen LogP contribution in [0.5, 0.6) is 17.2 Å². The number of aromatic amines is 1. The quantitative estimate of drug-likeness (QED) is 0.532. The minimum Gasteiger partial charge on any atom is -0.495 e. The number of ether oxygens (including phenoxy) is 4. The highest BCUT2D eigenvalue weighted by Gasteiger charge is 2.23. The van der Waals surface area contributed by atoms with Crippen molar-refractivity contribution in [3.05, 3.63) is 58.4 Å². The first-order valence-corrected chi connectivity index (χ1v) is 11.3. The van der Waals surface area contributed by atoms with Gasteiger partial charge in [-0.2, -0.15) is 0 Å². The number of H-pyrrole nitrogens is 1. The summed E-state index contributed by atoms with van der Waals surface area (Å²) in [6, 6.07) is 13.1. The number of hydrogen-bond donors (Lipinski definition) is 2. The lowest BCUT2D eigenvalue weighted by atomic mass is 10.1. The summed E-state index contributed by atoms with van der Waals surface area (Å²) in [5.41, 5.74) is 1.90. The van der Waals surface area contributed by atoms with Gasteiger partial charge >= 0.3 is 0 Å². The summed E-state index contributed by atoms with van der Waals surface area (Å²) in [6.07, 6.45) is 2.05. The highest BCUT2D eigenvalue weighted by atomic mass is 32.1. The highest BCUT2D eigenvalue weighted by Crippen LogP contribution is 2.35. The molecule has 5 rings (SSSR count). The second-order valence-electron chi connectivity index (χ2n) is 8.06. The van der Waals surface area contributed by atoms with Gasteiger partial charge in [0.25, 0.3) is 5.56 Å². The van der Waals surface area contributed by atoms with E-state index in [0.717, 1.165) is 30.5 Å². The molecule has 1 saturated heterocycles. The van der Waals surface area contributed by atoms with Crippen molar-refractivity contribution < 1.29 is 18.9 Å². The summed E-state index contributed by atoms with van der Waals surface area (Å²) in [7, 11) is 1.62. The van der Waals surface area contributed by atoms with Gasteiger partial charge in [0.1, 0.15) is 5.75 Å². The zero-order valence-corrected chi connectivity index (χ0v) is 19.1. The van der Waals surface area contributed by atoms with E-state index in [0.29, 0.717) is 46.5 Å². The number of aromatic nitrogens is 1. The molecule has 0 unspecified atom stereocenters. The van der Waals surface area contributed by atoms with E-state index in [1.807, 2.05) is 41.3 Å².